The van der Waals surface area contributed by atoms with Crippen LogP contribution < -0.4 is 11.1 Å². The van der Waals surface area contributed by atoms with E-state index in [4.69, 9.17) is 10.5 Å². The quantitative estimate of drug-likeness (QED) is 0.671. The Kier molecular flexibility index (Phi) is 2.86. The summed E-state index contributed by atoms with van der Waals surface area (Å²) in [6.07, 6.45) is 3.97. The topological polar surface area (TPSA) is 47.3 Å². The first-order chi connectivity index (χ1) is 6.25. The van der Waals surface area contributed by atoms with Crippen LogP contribution in [0.2, 0.25) is 0 Å². The Morgan fingerprint density at radius 1 is 1.46 bits per heavy atom. The van der Waals surface area contributed by atoms with Crippen LogP contribution in [0.25, 0.3) is 0 Å². The second kappa shape index (κ2) is 3.95. The van der Waals surface area contributed by atoms with Crippen LogP contribution in [0.4, 0.5) is 0 Å². The molecule has 1 aliphatic carbocycles. The van der Waals surface area contributed by atoms with E-state index in [1.807, 2.05) is 0 Å². The highest BCUT2D eigenvalue weighted by Gasteiger charge is 2.28. The maximum Gasteiger partial charge on any atom is 0.0588 e. The molecule has 0 bridgehead atoms. The van der Waals surface area contributed by atoms with Crippen LogP contribution in [0, 0.1) is 5.92 Å². The summed E-state index contributed by atoms with van der Waals surface area (Å²) in [5, 5.41) is 3.56. The molecule has 76 valence electrons. The van der Waals surface area contributed by atoms with Crippen molar-refractivity contribution in [3.63, 3.8) is 0 Å². The largest absolute Gasteiger partial charge is 0.378 e. The minimum Gasteiger partial charge on any atom is -0.378 e. The molecule has 13 heavy (non-hydrogen) atoms. The van der Waals surface area contributed by atoms with E-state index in [9.17, 15) is 0 Å². The molecule has 0 aromatic heterocycles. The lowest BCUT2D eigenvalue weighted by Gasteiger charge is -2.34. The van der Waals surface area contributed by atoms with Gasteiger partial charge in [0, 0.05) is 25.2 Å². The van der Waals surface area contributed by atoms with E-state index < -0.39 is 0 Å². The fourth-order valence-corrected chi connectivity index (χ4v) is 2.19. The van der Waals surface area contributed by atoms with Gasteiger partial charge in [-0.2, -0.15) is 0 Å². The maximum absolute atomic E-state index is 5.72. The number of nitrogens with one attached hydrogen (secondary N) is 1. The zero-order valence-electron chi connectivity index (χ0n) is 8.33. The Labute approximate surface area is 80.0 Å². The third-order valence-corrected chi connectivity index (χ3v) is 3.38. The van der Waals surface area contributed by atoms with Crippen molar-refractivity contribution in [1.29, 1.82) is 0 Å². The molecular formula is C10H20N2O. The molecule has 2 fully saturated rings. The lowest BCUT2D eigenvalue weighted by Crippen LogP contribution is -2.49. The Morgan fingerprint density at radius 3 is 2.77 bits per heavy atom. The number of rotatable bonds is 3. The second-order valence-electron chi connectivity index (χ2n) is 4.46. The molecule has 2 unspecified atom stereocenters. The minimum absolute atomic E-state index is 0.446. The summed E-state index contributed by atoms with van der Waals surface area (Å²) in [6.45, 7) is 4.22. The Balaban J connectivity index is 1.62. The number of hydrogen-bond acceptors (Lipinski definition) is 3. The molecule has 0 radical (unpaired) electrons. The normalized spacial score (nSPS) is 44.8. The monoisotopic (exact) mass is 184 g/mol. The van der Waals surface area contributed by atoms with Crippen LogP contribution in [-0.2, 0) is 4.74 Å². The molecule has 1 heterocycles. The predicted molar refractivity (Wildman–Crippen MR) is 52.5 cm³/mol. The van der Waals surface area contributed by atoms with Crippen molar-refractivity contribution in [2.24, 2.45) is 11.7 Å². The number of ether oxygens (including phenoxy) is 1. The Morgan fingerprint density at radius 2 is 2.23 bits per heavy atom. The molecule has 2 aliphatic rings. The van der Waals surface area contributed by atoms with Crippen LogP contribution in [0.3, 0.4) is 0 Å². The van der Waals surface area contributed by atoms with Crippen LogP contribution in [0.5, 0.6) is 0 Å². The number of nitrogens with two attached hydrogens (primary N) is 1. The van der Waals surface area contributed by atoms with Gasteiger partial charge in [0.25, 0.3) is 0 Å². The van der Waals surface area contributed by atoms with Gasteiger partial charge in [-0.1, -0.05) is 0 Å². The van der Waals surface area contributed by atoms with Gasteiger partial charge >= 0.3 is 0 Å². The van der Waals surface area contributed by atoms with Gasteiger partial charge in [-0.05, 0) is 32.1 Å². The highest BCUT2D eigenvalue weighted by molar-refractivity contribution is 4.88. The average Bonchev–Trinajstić information content (AvgIpc) is 2.43. The summed E-state index contributed by atoms with van der Waals surface area (Å²) in [4.78, 5) is 0. The first-order valence-electron chi connectivity index (χ1n) is 5.36. The van der Waals surface area contributed by atoms with Crippen molar-refractivity contribution in [1.82, 2.24) is 5.32 Å². The lowest BCUT2D eigenvalue weighted by molar-refractivity contribution is 0.103. The van der Waals surface area contributed by atoms with E-state index in [2.05, 4.69) is 12.2 Å². The third kappa shape index (κ3) is 2.22. The third-order valence-electron chi connectivity index (χ3n) is 3.38. The molecule has 3 nitrogen and oxygen atoms in total. The summed E-state index contributed by atoms with van der Waals surface area (Å²) >= 11 is 0. The molecule has 3 heteroatoms. The highest BCUT2D eigenvalue weighted by atomic mass is 16.5. The van der Waals surface area contributed by atoms with E-state index in [0.29, 0.717) is 18.2 Å². The minimum atomic E-state index is 0.446. The molecule has 0 aromatic carbocycles. The summed E-state index contributed by atoms with van der Waals surface area (Å²) in [5.74, 6) is 0.719. The van der Waals surface area contributed by atoms with Gasteiger partial charge in [0.1, 0.15) is 0 Å². The van der Waals surface area contributed by atoms with Gasteiger partial charge in [0.2, 0.25) is 0 Å². The van der Waals surface area contributed by atoms with Gasteiger partial charge in [-0.25, -0.2) is 0 Å². The lowest BCUT2D eigenvalue weighted by atomic mass is 9.87. The zero-order valence-corrected chi connectivity index (χ0v) is 8.33. The molecule has 1 saturated heterocycles. The summed E-state index contributed by atoms with van der Waals surface area (Å²) in [6, 6.07) is 1.14. The molecule has 0 spiro atoms. The average molecular weight is 184 g/mol. The van der Waals surface area contributed by atoms with Crippen LogP contribution >= 0.6 is 0 Å². The van der Waals surface area contributed by atoms with Gasteiger partial charge in [0.15, 0.2) is 0 Å². The molecule has 1 aliphatic heterocycles. The van der Waals surface area contributed by atoms with Crippen molar-refractivity contribution < 1.29 is 4.74 Å². The van der Waals surface area contributed by atoms with Gasteiger partial charge < -0.3 is 15.8 Å². The van der Waals surface area contributed by atoms with E-state index in [0.717, 1.165) is 31.9 Å². The summed E-state index contributed by atoms with van der Waals surface area (Å²) < 4.78 is 5.51. The van der Waals surface area contributed by atoms with Crippen molar-refractivity contribution >= 4 is 0 Å². The zero-order chi connectivity index (χ0) is 9.26. The molecule has 0 aromatic rings. The molecular weight excluding hydrogens is 164 g/mol. The van der Waals surface area contributed by atoms with Gasteiger partial charge in [0.05, 0.1) is 6.10 Å². The fraction of sp³-hybridized carbons (Fsp3) is 1.00. The first-order valence-corrected chi connectivity index (χ1v) is 5.36. The molecule has 2 atom stereocenters. The highest BCUT2D eigenvalue weighted by Crippen LogP contribution is 2.22. The molecule has 0 amide bonds. The summed E-state index contributed by atoms with van der Waals surface area (Å²) in [7, 11) is 0. The van der Waals surface area contributed by atoms with Gasteiger partial charge in [-0.15, -0.1) is 0 Å². The standard InChI is InChI=1S/C10H20N2O/c1-7-8(2-3-13-7)6-12-10-4-9(11)5-10/h7-10,12H,2-6,11H2,1H3. The van der Waals surface area contributed by atoms with Crippen LogP contribution in [-0.4, -0.2) is 31.3 Å². The SMILES string of the molecule is CC1OCCC1CNC1CC(N)C1. The second-order valence-corrected chi connectivity index (χ2v) is 4.46. The molecule has 1 saturated carbocycles. The van der Waals surface area contributed by atoms with E-state index in [1.54, 1.807) is 0 Å². The molecule has 2 rings (SSSR count). The van der Waals surface area contributed by atoms with Crippen molar-refractivity contribution in [2.45, 2.75) is 44.4 Å². The fourth-order valence-electron chi connectivity index (χ4n) is 2.19. The van der Waals surface area contributed by atoms with Crippen LogP contribution in [0.15, 0.2) is 0 Å². The van der Waals surface area contributed by atoms with Crippen LogP contribution in [0.1, 0.15) is 26.2 Å². The first kappa shape index (κ1) is 9.44. The van der Waals surface area contributed by atoms with Crippen molar-refractivity contribution in [3.8, 4) is 0 Å². The smallest absolute Gasteiger partial charge is 0.0588 e. The Hall–Kier alpha value is -0.120. The predicted octanol–water partition coefficient (Wildman–Crippen LogP) is 0.491. The Bertz CT molecular complexity index is 168. The number of hydrogen-bond donors (Lipinski definition) is 2. The van der Waals surface area contributed by atoms with E-state index >= 15 is 0 Å². The summed E-state index contributed by atoms with van der Waals surface area (Å²) in [5.41, 5.74) is 5.72. The molecule has 3 N–H and O–H groups in total. The van der Waals surface area contributed by atoms with Crippen molar-refractivity contribution in [3.05, 3.63) is 0 Å². The van der Waals surface area contributed by atoms with E-state index in [1.165, 1.54) is 6.42 Å². The maximum atomic E-state index is 5.72. The van der Waals surface area contributed by atoms with E-state index in [-0.39, 0.29) is 0 Å². The van der Waals surface area contributed by atoms with Gasteiger partial charge in [-0.3, -0.25) is 0 Å². The van der Waals surface area contributed by atoms with Crippen molar-refractivity contribution in [2.75, 3.05) is 13.2 Å².